The summed E-state index contributed by atoms with van der Waals surface area (Å²) in [5.41, 5.74) is 1.57. The second-order valence-electron chi connectivity index (χ2n) is 5.80. The summed E-state index contributed by atoms with van der Waals surface area (Å²) in [6.07, 6.45) is 1.54. The summed E-state index contributed by atoms with van der Waals surface area (Å²) in [5, 5.41) is 4.94. The quantitative estimate of drug-likeness (QED) is 0.560. The van der Waals surface area contributed by atoms with Crippen LogP contribution < -0.4 is 10.9 Å². The van der Waals surface area contributed by atoms with Gasteiger partial charge in [-0.25, -0.2) is 4.79 Å². The van der Waals surface area contributed by atoms with Gasteiger partial charge in [-0.3, -0.25) is 9.59 Å². The molecular weight excluding hydrogens is 444 g/mol. The molecule has 0 aliphatic rings. The van der Waals surface area contributed by atoms with Gasteiger partial charge in [0.05, 0.1) is 6.61 Å². The average molecular weight is 461 g/mol. The van der Waals surface area contributed by atoms with Gasteiger partial charge in [0.2, 0.25) is 5.91 Å². The highest BCUT2D eigenvalue weighted by atomic mass is 79.9. The molecule has 1 aromatic carbocycles. The first-order valence-corrected chi connectivity index (χ1v) is 10.2. The summed E-state index contributed by atoms with van der Waals surface area (Å²) in [5.74, 6) is -0.912. The fourth-order valence-corrected chi connectivity index (χ4v) is 3.99. The zero-order valence-corrected chi connectivity index (χ0v) is 17.4. The molecule has 144 valence electrons. The third kappa shape index (κ3) is 4.58. The van der Waals surface area contributed by atoms with Gasteiger partial charge in [-0.2, -0.15) is 0 Å². The van der Waals surface area contributed by atoms with E-state index in [2.05, 4.69) is 21.2 Å². The Labute approximate surface area is 173 Å². The predicted octanol–water partition coefficient (Wildman–Crippen LogP) is 4.15. The van der Waals surface area contributed by atoms with Crippen LogP contribution in [0.3, 0.4) is 0 Å². The monoisotopic (exact) mass is 460 g/mol. The van der Waals surface area contributed by atoms with Crippen molar-refractivity contribution >= 4 is 44.1 Å². The summed E-state index contributed by atoms with van der Waals surface area (Å²) in [6.45, 7) is 1.78. The maximum Gasteiger partial charge on any atom is 0.341 e. The molecule has 8 heteroatoms. The molecule has 1 N–H and O–H groups in total. The molecular formula is C20H17BrN2O4S. The molecule has 2 heterocycles. The SMILES string of the molecule is CCOC(=O)c1c(-c2ccccc2)csc1NC(=O)Cn1cc(Br)ccc1=O. The third-order valence-electron chi connectivity index (χ3n) is 3.87. The van der Waals surface area contributed by atoms with Gasteiger partial charge in [-0.15, -0.1) is 11.3 Å². The van der Waals surface area contributed by atoms with Crippen LogP contribution in [-0.4, -0.2) is 23.1 Å². The lowest BCUT2D eigenvalue weighted by Crippen LogP contribution is -2.27. The number of halogens is 1. The Bertz CT molecular complexity index is 1060. The number of hydrogen-bond acceptors (Lipinski definition) is 5. The molecule has 0 aliphatic carbocycles. The number of nitrogens with zero attached hydrogens (tertiary/aromatic N) is 1. The van der Waals surface area contributed by atoms with Crippen LogP contribution in [0.4, 0.5) is 5.00 Å². The number of pyridine rings is 1. The number of carbonyl (C=O) groups is 2. The highest BCUT2D eigenvalue weighted by Gasteiger charge is 2.22. The molecule has 0 spiro atoms. The molecule has 28 heavy (non-hydrogen) atoms. The topological polar surface area (TPSA) is 77.4 Å². The van der Waals surface area contributed by atoms with Crippen LogP contribution in [0.15, 0.2) is 63.3 Å². The van der Waals surface area contributed by atoms with E-state index in [0.29, 0.717) is 20.6 Å². The summed E-state index contributed by atoms with van der Waals surface area (Å²) in [7, 11) is 0. The van der Waals surface area contributed by atoms with Gasteiger partial charge < -0.3 is 14.6 Å². The highest BCUT2D eigenvalue weighted by Crippen LogP contribution is 2.36. The van der Waals surface area contributed by atoms with Gasteiger partial charge in [0.15, 0.2) is 0 Å². The van der Waals surface area contributed by atoms with Crippen LogP contribution in [0.2, 0.25) is 0 Å². The van der Waals surface area contributed by atoms with Gasteiger partial charge in [0.25, 0.3) is 5.56 Å². The minimum atomic E-state index is -0.502. The zero-order valence-electron chi connectivity index (χ0n) is 15.0. The van der Waals surface area contributed by atoms with Crippen molar-refractivity contribution in [2.75, 3.05) is 11.9 Å². The van der Waals surface area contributed by atoms with Crippen LogP contribution in [-0.2, 0) is 16.1 Å². The van der Waals surface area contributed by atoms with Crippen molar-refractivity contribution in [2.45, 2.75) is 13.5 Å². The summed E-state index contributed by atoms with van der Waals surface area (Å²) in [4.78, 5) is 36.9. The van der Waals surface area contributed by atoms with E-state index in [1.165, 1.54) is 28.2 Å². The number of aromatic nitrogens is 1. The second-order valence-corrected chi connectivity index (χ2v) is 7.60. The van der Waals surface area contributed by atoms with Gasteiger partial charge in [-0.1, -0.05) is 30.3 Å². The van der Waals surface area contributed by atoms with E-state index in [4.69, 9.17) is 4.74 Å². The fourth-order valence-electron chi connectivity index (χ4n) is 2.63. The maximum atomic E-state index is 12.5. The Kier molecular flexibility index (Phi) is 6.43. The van der Waals surface area contributed by atoms with E-state index in [-0.39, 0.29) is 18.7 Å². The minimum absolute atomic E-state index is 0.168. The number of nitrogens with one attached hydrogen (secondary N) is 1. The summed E-state index contributed by atoms with van der Waals surface area (Å²) >= 11 is 4.52. The van der Waals surface area contributed by atoms with Crippen LogP contribution >= 0.6 is 27.3 Å². The Morgan fingerprint density at radius 3 is 2.64 bits per heavy atom. The van der Waals surface area contributed by atoms with Gasteiger partial charge in [0, 0.05) is 27.7 Å². The molecule has 0 saturated heterocycles. The summed E-state index contributed by atoms with van der Waals surface area (Å²) in [6, 6.07) is 12.4. The lowest BCUT2D eigenvalue weighted by Gasteiger charge is -2.10. The van der Waals surface area contributed by atoms with E-state index in [1.54, 1.807) is 13.0 Å². The van der Waals surface area contributed by atoms with Crippen molar-refractivity contribution in [3.8, 4) is 11.1 Å². The number of anilines is 1. The van der Waals surface area contributed by atoms with E-state index >= 15 is 0 Å². The largest absolute Gasteiger partial charge is 0.462 e. The number of thiophene rings is 1. The molecule has 1 amide bonds. The van der Waals surface area contributed by atoms with Crippen LogP contribution in [0, 0.1) is 0 Å². The molecule has 0 radical (unpaired) electrons. The van der Waals surface area contributed by atoms with Crippen molar-refractivity contribution in [3.63, 3.8) is 0 Å². The number of hydrogen-bond donors (Lipinski definition) is 1. The van der Waals surface area contributed by atoms with Gasteiger partial charge in [0.1, 0.15) is 17.1 Å². The molecule has 0 aliphatic heterocycles. The lowest BCUT2D eigenvalue weighted by molar-refractivity contribution is -0.116. The Morgan fingerprint density at radius 1 is 1.18 bits per heavy atom. The van der Waals surface area contributed by atoms with Crippen molar-refractivity contribution in [1.82, 2.24) is 4.57 Å². The van der Waals surface area contributed by atoms with E-state index < -0.39 is 11.9 Å². The first kappa shape index (κ1) is 20.0. The van der Waals surface area contributed by atoms with Crippen molar-refractivity contribution in [2.24, 2.45) is 0 Å². The highest BCUT2D eigenvalue weighted by molar-refractivity contribution is 9.10. The number of esters is 1. The van der Waals surface area contributed by atoms with Crippen LogP contribution in [0.25, 0.3) is 11.1 Å². The number of benzene rings is 1. The average Bonchev–Trinajstić information content (AvgIpc) is 3.09. The van der Waals surface area contributed by atoms with Gasteiger partial charge >= 0.3 is 5.97 Å². The predicted molar refractivity (Wildman–Crippen MR) is 113 cm³/mol. The normalized spacial score (nSPS) is 10.5. The molecule has 6 nitrogen and oxygen atoms in total. The molecule has 0 bridgehead atoms. The number of carbonyl (C=O) groups excluding carboxylic acids is 2. The van der Waals surface area contributed by atoms with Crippen molar-refractivity contribution < 1.29 is 14.3 Å². The number of amides is 1. The molecule has 0 fully saturated rings. The molecule has 0 atom stereocenters. The zero-order chi connectivity index (χ0) is 20.1. The van der Waals surface area contributed by atoms with Gasteiger partial charge in [-0.05, 0) is 34.5 Å². The molecule has 0 saturated carbocycles. The van der Waals surface area contributed by atoms with Crippen LogP contribution in [0.5, 0.6) is 0 Å². The van der Waals surface area contributed by atoms with E-state index in [1.807, 2.05) is 35.7 Å². The maximum absolute atomic E-state index is 12.5. The molecule has 3 aromatic rings. The summed E-state index contributed by atoms with van der Waals surface area (Å²) < 4.78 is 7.16. The van der Waals surface area contributed by atoms with E-state index in [9.17, 15) is 14.4 Å². The molecule has 2 aromatic heterocycles. The second kappa shape index (κ2) is 8.99. The van der Waals surface area contributed by atoms with Crippen molar-refractivity contribution in [3.05, 3.63) is 74.4 Å². The Morgan fingerprint density at radius 2 is 1.93 bits per heavy atom. The van der Waals surface area contributed by atoms with Crippen LogP contribution in [0.1, 0.15) is 17.3 Å². The minimum Gasteiger partial charge on any atom is -0.462 e. The molecule has 3 rings (SSSR count). The first-order chi connectivity index (χ1) is 13.5. The molecule has 0 unspecified atom stereocenters. The van der Waals surface area contributed by atoms with E-state index in [0.717, 1.165) is 5.56 Å². The number of rotatable bonds is 6. The Balaban J connectivity index is 1.90. The standard InChI is InChI=1S/C20H17BrN2O4S/c1-2-27-20(26)18-15(13-6-4-3-5-7-13)12-28-19(18)22-16(24)11-23-10-14(21)8-9-17(23)25/h3-10,12H,2,11H2,1H3,(H,22,24). The smallest absolute Gasteiger partial charge is 0.341 e. The lowest BCUT2D eigenvalue weighted by atomic mass is 10.0. The third-order valence-corrected chi connectivity index (χ3v) is 5.23. The first-order valence-electron chi connectivity index (χ1n) is 8.49. The number of ether oxygens (including phenoxy) is 1. The van der Waals surface area contributed by atoms with Crippen molar-refractivity contribution in [1.29, 1.82) is 0 Å². The Hall–Kier alpha value is -2.71. The fraction of sp³-hybridized carbons (Fsp3) is 0.150.